The van der Waals surface area contributed by atoms with Gasteiger partial charge >= 0.3 is 0 Å². The van der Waals surface area contributed by atoms with Crippen LogP contribution in [0, 0.1) is 0 Å². The Balaban J connectivity index is 1.37. The summed E-state index contributed by atoms with van der Waals surface area (Å²) >= 11 is 0. The summed E-state index contributed by atoms with van der Waals surface area (Å²) in [5, 5.41) is 12.4. The van der Waals surface area contributed by atoms with Crippen LogP contribution in [0.15, 0.2) is 91.4 Å². The molecule has 3 aromatic heterocycles. The second kappa shape index (κ2) is 11.3. The molecule has 0 saturated carbocycles. The van der Waals surface area contributed by atoms with Crippen molar-refractivity contribution >= 4 is 39.1 Å². The Morgan fingerprint density at radius 3 is 2.77 bits per heavy atom. The van der Waals surface area contributed by atoms with Crippen LogP contribution < -0.4 is 10.1 Å². The molecule has 3 heterocycles. The normalized spacial score (nSPS) is 11.1. The third-order valence-corrected chi connectivity index (χ3v) is 6.46. The molecule has 2 N–H and O–H groups in total. The van der Waals surface area contributed by atoms with E-state index in [1.807, 2.05) is 60.7 Å². The molecule has 198 valence electrons. The highest BCUT2D eigenvalue weighted by atomic mass is 16.5. The molecule has 6 aromatic rings. The van der Waals surface area contributed by atoms with Crippen LogP contribution in [0.25, 0.3) is 33.2 Å². The average Bonchev–Trinajstić information content (AvgIpc) is 3.46. The van der Waals surface area contributed by atoms with Crippen molar-refractivity contribution < 1.29 is 14.3 Å². The van der Waals surface area contributed by atoms with Crippen LogP contribution in [0.5, 0.6) is 5.75 Å². The molecule has 9 heteroatoms. The molecule has 9 nitrogen and oxygen atoms in total. The first-order chi connectivity index (χ1) is 19.7. The number of hydrogen-bond acceptors (Lipinski definition) is 8. The number of methoxy groups -OCH3 is 1. The molecule has 0 aliphatic carbocycles. The fourth-order valence-corrected chi connectivity index (χ4v) is 4.46. The summed E-state index contributed by atoms with van der Waals surface area (Å²) in [5.41, 5.74) is 4.84. The zero-order valence-electron chi connectivity index (χ0n) is 21.8. The van der Waals surface area contributed by atoms with Crippen LogP contribution >= 0.6 is 0 Å². The Bertz CT molecular complexity index is 1800. The minimum Gasteiger partial charge on any atom is -0.491 e. The van der Waals surface area contributed by atoms with Crippen LogP contribution in [0.2, 0.25) is 0 Å². The maximum Gasteiger partial charge on any atom is 0.168 e. The molecule has 6 rings (SSSR count). The molecule has 0 fully saturated rings. The lowest BCUT2D eigenvalue weighted by Gasteiger charge is -2.13. The van der Waals surface area contributed by atoms with Crippen LogP contribution in [-0.2, 0) is 11.2 Å². The number of benzene rings is 3. The van der Waals surface area contributed by atoms with Gasteiger partial charge in [0, 0.05) is 53.5 Å². The first-order valence-electron chi connectivity index (χ1n) is 12.8. The summed E-state index contributed by atoms with van der Waals surface area (Å²) in [4.78, 5) is 26.6. The Morgan fingerprint density at radius 2 is 1.90 bits per heavy atom. The number of nitrogens with one attached hydrogen (secondary N) is 2. The summed E-state index contributed by atoms with van der Waals surface area (Å²) in [6.45, 7) is 0.925. The summed E-state index contributed by atoms with van der Waals surface area (Å²) in [7, 11) is 1.64. The summed E-state index contributed by atoms with van der Waals surface area (Å²) < 4.78 is 11.0. The van der Waals surface area contributed by atoms with Gasteiger partial charge in [0.2, 0.25) is 0 Å². The van der Waals surface area contributed by atoms with Crippen molar-refractivity contribution in [3.05, 3.63) is 103 Å². The van der Waals surface area contributed by atoms with Gasteiger partial charge < -0.3 is 14.8 Å². The van der Waals surface area contributed by atoms with Gasteiger partial charge in [0.05, 0.1) is 23.8 Å². The van der Waals surface area contributed by atoms with Crippen molar-refractivity contribution in [2.24, 2.45) is 0 Å². The Morgan fingerprint density at radius 1 is 0.950 bits per heavy atom. The number of anilines is 2. The zero-order valence-corrected chi connectivity index (χ0v) is 21.8. The molecule has 0 bridgehead atoms. The number of aromatic nitrogens is 5. The topological polar surface area (TPSA) is 115 Å². The van der Waals surface area contributed by atoms with E-state index in [0.717, 1.165) is 38.6 Å². The number of fused-ring (bicyclic) bond motifs is 2. The molecule has 40 heavy (non-hydrogen) atoms. The fourth-order valence-electron chi connectivity index (χ4n) is 4.46. The molecule has 0 atom stereocenters. The van der Waals surface area contributed by atoms with Gasteiger partial charge in [0.1, 0.15) is 18.2 Å². The number of H-pyrrole nitrogens is 1. The number of pyridine rings is 1. The van der Waals surface area contributed by atoms with Crippen molar-refractivity contribution in [3.8, 4) is 17.1 Å². The van der Waals surface area contributed by atoms with E-state index >= 15 is 0 Å². The maximum absolute atomic E-state index is 12.8. The van der Waals surface area contributed by atoms with E-state index in [-0.39, 0.29) is 12.2 Å². The van der Waals surface area contributed by atoms with Gasteiger partial charge in [-0.1, -0.05) is 18.2 Å². The average molecular weight is 531 g/mol. The summed E-state index contributed by atoms with van der Waals surface area (Å²) in [5.74, 6) is 1.88. The number of aromatic amines is 1. The fraction of sp³-hybridized carbons (Fsp3) is 0.129. The van der Waals surface area contributed by atoms with Gasteiger partial charge in [0.15, 0.2) is 11.6 Å². The van der Waals surface area contributed by atoms with E-state index in [1.54, 1.807) is 37.8 Å². The molecule has 0 aliphatic rings. The standard InChI is InChI=1S/C31H26N6O3/c1-39-12-13-40-25-8-10-28-26(17-25)31(34-24-7-9-27-23(16-24)19-33-37-27)36-30(35-28)21-5-2-4-20(14-21)15-29(38)22-6-3-11-32-18-22/h2-11,14,16-19H,12-13,15H2,1H3,(H,33,37)(H,34,35,36). The van der Waals surface area contributed by atoms with E-state index in [4.69, 9.17) is 19.4 Å². The van der Waals surface area contributed by atoms with E-state index < -0.39 is 0 Å². The number of ether oxygens (including phenoxy) is 2. The Hall–Kier alpha value is -5.15. The number of ketones is 1. The van der Waals surface area contributed by atoms with Crippen LogP contribution in [0.1, 0.15) is 15.9 Å². The van der Waals surface area contributed by atoms with Crippen molar-refractivity contribution in [1.82, 2.24) is 25.1 Å². The largest absolute Gasteiger partial charge is 0.491 e. The summed E-state index contributed by atoms with van der Waals surface area (Å²) in [6.07, 6.45) is 5.28. The number of hydrogen-bond donors (Lipinski definition) is 2. The first kappa shape index (κ1) is 25.1. The van der Waals surface area contributed by atoms with Crippen LogP contribution in [-0.4, -0.2) is 51.3 Å². The van der Waals surface area contributed by atoms with Crippen LogP contribution in [0.4, 0.5) is 11.5 Å². The van der Waals surface area contributed by atoms with E-state index in [9.17, 15) is 4.79 Å². The quantitative estimate of drug-likeness (QED) is 0.170. The number of nitrogens with zero attached hydrogens (tertiary/aromatic N) is 4. The lowest BCUT2D eigenvalue weighted by atomic mass is 10.0. The lowest BCUT2D eigenvalue weighted by molar-refractivity contribution is 0.0992. The monoisotopic (exact) mass is 530 g/mol. The molecule has 0 unspecified atom stereocenters. The third kappa shape index (κ3) is 5.50. The predicted octanol–water partition coefficient (Wildman–Crippen LogP) is 5.76. The lowest BCUT2D eigenvalue weighted by Crippen LogP contribution is -2.05. The molecule has 0 aliphatic heterocycles. The zero-order chi connectivity index (χ0) is 27.3. The van der Waals surface area contributed by atoms with Gasteiger partial charge in [-0.15, -0.1) is 0 Å². The Labute approximate surface area is 230 Å². The molecule has 3 aromatic carbocycles. The van der Waals surface area contributed by atoms with Gasteiger partial charge in [-0.25, -0.2) is 9.97 Å². The number of carbonyl (C=O) groups excluding carboxylic acids is 1. The highest BCUT2D eigenvalue weighted by molar-refractivity contribution is 5.97. The third-order valence-electron chi connectivity index (χ3n) is 6.46. The van der Waals surface area contributed by atoms with Gasteiger partial charge in [0.25, 0.3) is 0 Å². The van der Waals surface area contributed by atoms with E-state index in [2.05, 4.69) is 20.5 Å². The molecule has 0 radical (unpaired) electrons. The Kier molecular flexibility index (Phi) is 7.11. The highest BCUT2D eigenvalue weighted by Gasteiger charge is 2.14. The van der Waals surface area contributed by atoms with E-state index in [1.165, 1.54) is 0 Å². The van der Waals surface area contributed by atoms with Crippen molar-refractivity contribution in [2.75, 3.05) is 25.6 Å². The molecule has 0 amide bonds. The predicted molar refractivity (Wildman–Crippen MR) is 154 cm³/mol. The number of Topliss-reactive ketones (excluding diaryl/α,β-unsaturated/α-hetero) is 1. The van der Waals surface area contributed by atoms with E-state index in [0.29, 0.717) is 36.2 Å². The maximum atomic E-state index is 12.8. The van der Waals surface area contributed by atoms with Crippen molar-refractivity contribution in [3.63, 3.8) is 0 Å². The molecular formula is C31H26N6O3. The minimum absolute atomic E-state index is 0.00248. The smallest absolute Gasteiger partial charge is 0.168 e. The number of carbonyl (C=O) groups is 1. The number of rotatable bonds is 10. The SMILES string of the molecule is COCCOc1ccc2nc(-c3cccc(CC(=O)c4cccnc4)c3)nc(Nc3ccc4[nH]ncc4c3)c2c1. The van der Waals surface area contributed by atoms with Gasteiger partial charge in [-0.2, -0.15) is 5.10 Å². The second-order valence-electron chi connectivity index (χ2n) is 9.26. The summed E-state index contributed by atoms with van der Waals surface area (Å²) in [6, 6.07) is 23.0. The van der Waals surface area contributed by atoms with Crippen LogP contribution in [0.3, 0.4) is 0 Å². The van der Waals surface area contributed by atoms with Crippen molar-refractivity contribution in [1.29, 1.82) is 0 Å². The first-order valence-corrected chi connectivity index (χ1v) is 12.8. The second-order valence-corrected chi connectivity index (χ2v) is 9.26. The molecular weight excluding hydrogens is 504 g/mol. The molecule has 0 spiro atoms. The highest BCUT2D eigenvalue weighted by Crippen LogP contribution is 2.31. The van der Waals surface area contributed by atoms with Gasteiger partial charge in [-0.05, 0) is 60.2 Å². The van der Waals surface area contributed by atoms with Crippen molar-refractivity contribution in [2.45, 2.75) is 6.42 Å². The molecule has 0 saturated heterocycles. The minimum atomic E-state index is 0.00248. The van der Waals surface area contributed by atoms with Gasteiger partial charge in [-0.3, -0.25) is 14.9 Å².